The molecule has 6 heteroatoms. The fraction of sp³-hybridized carbons (Fsp3) is 0.176. The molecule has 0 saturated carbocycles. The summed E-state index contributed by atoms with van der Waals surface area (Å²) in [6.07, 6.45) is 0. The molecule has 1 aromatic heterocycles. The molecule has 0 amide bonds. The SMILES string of the molecule is COc1ccccc1-c1c(CO)nnn1Cc1ccccc1F. The van der Waals surface area contributed by atoms with Crippen LogP contribution in [-0.2, 0) is 13.2 Å². The van der Waals surface area contributed by atoms with E-state index in [-0.39, 0.29) is 19.0 Å². The average molecular weight is 313 g/mol. The zero-order valence-electron chi connectivity index (χ0n) is 12.6. The Morgan fingerprint density at radius 2 is 1.87 bits per heavy atom. The van der Waals surface area contributed by atoms with E-state index < -0.39 is 0 Å². The highest BCUT2D eigenvalue weighted by molar-refractivity contribution is 5.69. The highest BCUT2D eigenvalue weighted by atomic mass is 19.1. The van der Waals surface area contributed by atoms with Crippen molar-refractivity contribution in [2.45, 2.75) is 13.2 Å². The first-order valence-corrected chi connectivity index (χ1v) is 7.14. The predicted octanol–water partition coefficient (Wildman–Crippen LogP) is 2.63. The standard InChI is InChI=1S/C17H16FN3O2/c1-23-16-9-5-3-7-13(16)17-15(11-22)19-20-21(17)10-12-6-2-4-8-14(12)18/h2-9,22H,10-11H2,1H3. The van der Waals surface area contributed by atoms with Gasteiger partial charge in [-0.3, -0.25) is 0 Å². The van der Waals surface area contributed by atoms with Gasteiger partial charge in [-0.15, -0.1) is 5.10 Å². The zero-order valence-corrected chi connectivity index (χ0v) is 12.6. The van der Waals surface area contributed by atoms with Crippen LogP contribution in [0.3, 0.4) is 0 Å². The minimum absolute atomic E-state index is 0.215. The number of hydrogen-bond acceptors (Lipinski definition) is 4. The first kappa shape index (κ1) is 15.2. The maximum atomic E-state index is 13.9. The van der Waals surface area contributed by atoms with E-state index in [0.717, 1.165) is 5.56 Å². The van der Waals surface area contributed by atoms with E-state index in [1.807, 2.05) is 24.3 Å². The number of nitrogens with zero attached hydrogens (tertiary/aromatic N) is 3. The van der Waals surface area contributed by atoms with Crippen LogP contribution in [0.1, 0.15) is 11.3 Å². The summed E-state index contributed by atoms with van der Waals surface area (Å²) in [5.41, 5.74) is 2.29. The van der Waals surface area contributed by atoms with Crippen LogP contribution < -0.4 is 4.74 Å². The lowest BCUT2D eigenvalue weighted by Crippen LogP contribution is -2.07. The third kappa shape index (κ3) is 2.93. The molecule has 0 aliphatic heterocycles. The maximum absolute atomic E-state index is 13.9. The summed E-state index contributed by atoms with van der Waals surface area (Å²) in [5.74, 6) is 0.332. The second-order valence-electron chi connectivity index (χ2n) is 4.99. The number of para-hydroxylation sites is 1. The Hall–Kier alpha value is -2.73. The lowest BCUT2D eigenvalue weighted by atomic mass is 10.1. The van der Waals surface area contributed by atoms with Crippen LogP contribution in [-0.4, -0.2) is 27.2 Å². The van der Waals surface area contributed by atoms with E-state index in [2.05, 4.69) is 10.3 Å². The van der Waals surface area contributed by atoms with Crippen molar-refractivity contribution >= 4 is 0 Å². The van der Waals surface area contributed by atoms with Crippen molar-refractivity contribution in [1.29, 1.82) is 0 Å². The molecule has 5 nitrogen and oxygen atoms in total. The fourth-order valence-corrected chi connectivity index (χ4v) is 2.49. The second kappa shape index (κ2) is 6.58. The van der Waals surface area contributed by atoms with Crippen molar-refractivity contribution in [3.8, 4) is 17.0 Å². The van der Waals surface area contributed by atoms with Crippen molar-refractivity contribution in [3.05, 3.63) is 65.6 Å². The summed E-state index contributed by atoms with van der Waals surface area (Å²) in [5, 5.41) is 17.6. The van der Waals surface area contributed by atoms with Gasteiger partial charge in [0.1, 0.15) is 17.3 Å². The number of halogens is 1. The summed E-state index contributed by atoms with van der Waals surface area (Å²) < 4.78 is 20.9. The third-order valence-corrected chi connectivity index (χ3v) is 3.59. The Morgan fingerprint density at radius 3 is 2.61 bits per heavy atom. The first-order valence-electron chi connectivity index (χ1n) is 7.14. The lowest BCUT2D eigenvalue weighted by Gasteiger charge is -2.12. The van der Waals surface area contributed by atoms with Gasteiger partial charge in [-0.2, -0.15) is 0 Å². The summed E-state index contributed by atoms with van der Waals surface area (Å²) >= 11 is 0. The molecule has 0 fully saturated rings. The highest BCUT2D eigenvalue weighted by Gasteiger charge is 2.18. The Labute approximate surface area is 133 Å². The van der Waals surface area contributed by atoms with E-state index in [1.54, 1.807) is 30.0 Å². The van der Waals surface area contributed by atoms with Gasteiger partial charge in [0.25, 0.3) is 0 Å². The van der Waals surface area contributed by atoms with E-state index in [0.29, 0.717) is 22.7 Å². The number of rotatable bonds is 5. The Balaban J connectivity index is 2.10. The van der Waals surface area contributed by atoms with Crippen LogP contribution in [0.2, 0.25) is 0 Å². The molecule has 0 atom stereocenters. The number of benzene rings is 2. The van der Waals surface area contributed by atoms with Gasteiger partial charge in [-0.25, -0.2) is 9.07 Å². The number of aliphatic hydroxyl groups is 1. The second-order valence-corrected chi connectivity index (χ2v) is 4.99. The number of aromatic nitrogens is 3. The summed E-state index contributed by atoms with van der Waals surface area (Å²) in [6, 6.07) is 13.9. The van der Waals surface area contributed by atoms with Crippen LogP contribution >= 0.6 is 0 Å². The monoisotopic (exact) mass is 313 g/mol. The van der Waals surface area contributed by atoms with Gasteiger partial charge < -0.3 is 9.84 Å². The average Bonchev–Trinajstić information content (AvgIpc) is 2.99. The molecule has 0 bridgehead atoms. The molecule has 0 aliphatic rings. The molecule has 0 radical (unpaired) electrons. The molecule has 1 heterocycles. The summed E-state index contributed by atoms with van der Waals surface area (Å²) in [6.45, 7) is -0.0439. The molecule has 0 saturated heterocycles. The molecule has 2 aromatic carbocycles. The number of aliphatic hydroxyl groups excluding tert-OH is 1. The molecule has 0 spiro atoms. The maximum Gasteiger partial charge on any atom is 0.128 e. The van der Waals surface area contributed by atoms with Crippen molar-refractivity contribution < 1.29 is 14.2 Å². The van der Waals surface area contributed by atoms with Crippen LogP contribution in [0.4, 0.5) is 4.39 Å². The predicted molar refractivity (Wildman–Crippen MR) is 83.4 cm³/mol. The van der Waals surface area contributed by atoms with E-state index >= 15 is 0 Å². The van der Waals surface area contributed by atoms with Crippen molar-refractivity contribution in [1.82, 2.24) is 15.0 Å². The molecule has 23 heavy (non-hydrogen) atoms. The molecule has 3 aromatic rings. The van der Waals surface area contributed by atoms with Gasteiger partial charge in [0.15, 0.2) is 0 Å². The summed E-state index contributed by atoms with van der Waals surface area (Å²) in [4.78, 5) is 0. The van der Waals surface area contributed by atoms with Crippen LogP contribution in [0.5, 0.6) is 5.75 Å². The normalized spacial score (nSPS) is 10.7. The summed E-state index contributed by atoms with van der Waals surface area (Å²) in [7, 11) is 1.57. The van der Waals surface area contributed by atoms with E-state index in [9.17, 15) is 9.50 Å². The quantitative estimate of drug-likeness (QED) is 0.786. The minimum Gasteiger partial charge on any atom is -0.496 e. The molecular weight excluding hydrogens is 297 g/mol. The van der Waals surface area contributed by atoms with Crippen molar-refractivity contribution in [3.63, 3.8) is 0 Å². The Kier molecular flexibility index (Phi) is 4.34. The Morgan fingerprint density at radius 1 is 1.13 bits per heavy atom. The lowest BCUT2D eigenvalue weighted by molar-refractivity contribution is 0.277. The van der Waals surface area contributed by atoms with Gasteiger partial charge in [0, 0.05) is 11.1 Å². The highest BCUT2D eigenvalue weighted by Crippen LogP contribution is 2.31. The van der Waals surface area contributed by atoms with Gasteiger partial charge in [-0.05, 0) is 18.2 Å². The van der Waals surface area contributed by atoms with Gasteiger partial charge in [-0.1, -0.05) is 35.5 Å². The van der Waals surface area contributed by atoms with Crippen molar-refractivity contribution in [2.24, 2.45) is 0 Å². The number of ether oxygens (including phenoxy) is 1. The Bertz CT molecular complexity index is 817. The fourth-order valence-electron chi connectivity index (χ4n) is 2.49. The smallest absolute Gasteiger partial charge is 0.128 e. The molecular formula is C17H16FN3O2. The largest absolute Gasteiger partial charge is 0.496 e. The number of methoxy groups -OCH3 is 1. The zero-order chi connectivity index (χ0) is 16.2. The van der Waals surface area contributed by atoms with Crippen LogP contribution in [0.15, 0.2) is 48.5 Å². The van der Waals surface area contributed by atoms with Gasteiger partial charge in [0.2, 0.25) is 0 Å². The van der Waals surface area contributed by atoms with E-state index in [1.165, 1.54) is 6.07 Å². The third-order valence-electron chi connectivity index (χ3n) is 3.59. The molecule has 1 N–H and O–H groups in total. The van der Waals surface area contributed by atoms with Crippen LogP contribution in [0.25, 0.3) is 11.3 Å². The molecule has 0 unspecified atom stereocenters. The molecule has 118 valence electrons. The topological polar surface area (TPSA) is 60.2 Å². The first-order chi connectivity index (χ1) is 11.2. The minimum atomic E-state index is -0.306. The van der Waals surface area contributed by atoms with E-state index in [4.69, 9.17) is 4.74 Å². The number of hydrogen-bond donors (Lipinski definition) is 1. The van der Waals surface area contributed by atoms with Gasteiger partial charge in [0.05, 0.1) is 26.0 Å². The van der Waals surface area contributed by atoms with Gasteiger partial charge >= 0.3 is 0 Å². The molecule has 0 aliphatic carbocycles. The van der Waals surface area contributed by atoms with Crippen molar-refractivity contribution in [2.75, 3.05) is 7.11 Å². The molecule has 3 rings (SSSR count). The van der Waals surface area contributed by atoms with Crippen LogP contribution in [0, 0.1) is 5.82 Å².